The molecule has 0 rings (SSSR count). The van der Waals surface area contributed by atoms with Gasteiger partial charge in [0.15, 0.2) is 0 Å². The van der Waals surface area contributed by atoms with E-state index in [0.29, 0.717) is 6.54 Å². The average molecular weight is 98.1 g/mol. The summed E-state index contributed by atoms with van der Waals surface area (Å²) < 4.78 is 0. The van der Waals surface area contributed by atoms with E-state index in [0.717, 1.165) is 0 Å². The molecule has 0 saturated heterocycles. The molecule has 0 aromatic carbocycles. The van der Waals surface area contributed by atoms with E-state index in [9.17, 15) is 4.79 Å². The van der Waals surface area contributed by atoms with Gasteiger partial charge < -0.3 is 0 Å². The van der Waals surface area contributed by atoms with Crippen LogP contribution in [0.5, 0.6) is 0 Å². The Labute approximate surface area is 43.2 Å². The minimum Gasteiger partial charge on any atom is -0.268 e. The van der Waals surface area contributed by atoms with E-state index in [1.807, 2.05) is 0 Å². The Hall–Kier alpha value is -0.790. The Balaban J connectivity index is 3.17. The summed E-state index contributed by atoms with van der Waals surface area (Å²) in [5.41, 5.74) is 0. The summed E-state index contributed by atoms with van der Waals surface area (Å²) in [6.45, 7) is 5.59. The molecule has 0 heterocycles. The fourth-order valence-corrected chi connectivity index (χ4v) is 0.220. The standard InChI is InChI=1S/C5H8NO/c1-3-5(7)6-4-2/h3H,1,4H2,2H3. The fraction of sp³-hybridized carbons (Fsp3) is 0.400. The molecule has 0 aliphatic rings. The first-order valence-corrected chi connectivity index (χ1v) is 2.15. The van der Waals surface area contributed by atoms with Crippen molar-refractivity contribution in [3.63, 3.8) is 0 Å². The number of likely N-dealkylation sites (N-methyl/N-ethyl adjacent to an activating group) is 1. The predicted octanol–water partition coefficient (Wildman–Crippen LogP) is 0.323. The van der Waals surface area contributed by atoms with E-state index in [-0.39, 0.29) is 5.91 Å². The summed E-state index contributed by atoms with van der Waals surface area (Å²) >= 11 is 0. The van der Waals surface area contributed by atoms with Crippen LogP contribution in [0, 0.1) is 0 Å². The van der Waals surface area contributed by atoms with Crippen molar-refractivity contribution < 1.29 is 4.79 Å². The van der Waals surface area contributed by atoms with Gasteiger partial charge in [-0.3, -0.25) is 4.79 Å². The molecule has 1 amide bonds. The van der Waals surface area contributed by atoms with Crippen molar-refractivity contribution in [2.24, 2.45) is 0 Å². The normalized spacial score (nSPS) is 7.57. The van der Waals surface area contributed by atoms with Gasteiger partial charge in [0, 0.05) is 6.54 Å². The number of carbonyl (C=O) groups is 1. The molecule has 0 bridgehead atoms. The highest BCUT2D eigenvalue weighted by Crippen LogP contribution is 1.65. The molecule has 0 unspecified atom stereocenters. The number of hydrogen-bond acceptors (Lipinski definition) is 1. The average Bonchev–Trinajstić information content (AvgIpc) is 1.68. The van der Waals surface area contributed by atoms with Crippen LogP contribution in [0.4, 0.5) is 0 Å². The molecule has 7 heavy (non-hydrogen) atoms. The van der Waals surface area contributed by atoms with Crippen molar-refractivity contribution in [3.8, 4) is 0 Å². The lowest BCUT2D eigenvalue weighted by Crippen LogP contribution is -2.10. The lowest BCUT2D eigenvalue weighted by atomic mass is 10.6. The second-order valence-corrected chi connectivity index (χ2v) is 1.02. The third-order valence-electron chi connectivity index (χ3n) is 0.489. The highest BCUT2D eigenvalue weighted by atomic mass is 16.1. The zero-order valence-electron chi connectivity index (χ0n) is 4.35. The van der Waals surface area contributed by atoms with Gasteiger partial charge in [-0.15, -0.1) is 0 Å². The van der Waals surface area contributed by atoms with Crippen molar-refractivity contribution in [3.05, 3.63) is 12.7 Å². The summed E-state index contributed by atoms with van der Waals surface area (Å²) in [4.78, 5) is 10.1. The third-order valence-corrected chi connectivity index (χ3v) is 0.489. The van der Waals surface area contributed by atoms with Crippen LogP contribution in [-0.2, 0) is 4.79 Å². The molecule has 0 aromatic rings. The first-order valence-electron chi connectivity index (χ1n) is 2.15. The van der Waals surface area contributed by atoms with Crippen molar-refractivity contribution in [2.75, 3.05) is 6.54 Å². The van der Waals surface area contributed by atoms with E-state index in [4.69, 9.17) is 0 Å². The fourth-order valence-electron chi connectivity index (χ4n) is 0.220. The molecular weight excluding hydrogens is 90.1 g/mol. The lowest BCUT2D eigenvalue weighted by Gasteiger charge is -1.85. The first kappa shape index (κ1) is 6.21. The summed E-state index contributed by atoms with van der Waals surface area (Å²) in [7, 11) is 0. The molecule has 0 saturated carbocycles. The van der Waals surface area contributed by atoms with E-state index < -0.39 is 0 Å². The largest absolute Gasteiger partial charge is 0.268 e. The molecule has 0 aromatic heterocycles. The summed E-state index contributed by atoms with van der Waals surface area (Å²) in [6.07, 6.45) is 1.20. The van der Waals surface area contributed by atoms with E-state index in [1.54, 1.807) is 6.92 Å². The second-order valence-electron chi connectivity index (χ2n) is 1.02. The quantitative estimate of drug-likeness (QED) is 0.458. The second kappa shape index (κ2) is 3.40. The minimum atomic E-state index is -0.234. The van der Waals surface area contributed by atoms with Crippen molar-refractivity contribution in [1.29, 1.82) is 0 Å². The molecule has 0 aliphatic carbocycles. The van der Waals surface area contributed by atoms with Crippen LogP contribution < -0.4 is 5.32 Å². The van der Waals surface area contributed by atoms with E-state index in [1.165, 1.54) is 6.08 Å². The molecule has 0 atom stereocenters. The number of amides is 1. The van der Waals surface area contributed by atoms with Gasteiger partial charge >= 0.3 is 0 Å². The molecule has 2 nitrogen and oxygen atoms in total. The van der Waals surface area contributed by atoms with Crippen LogP contribution in [0.1, 0.15) is 6.92 Å². The summed E-state index contributed by atoms with van der Waals surface area (Å²) in [6, 6.07) is 0. The van der Waals surface area contributed by atoms with Crippen molar-refractivity contribution in [2.45, 2.75) is 6.92 Å². The summed E-state index contributed by atoms with van der Waals surface area (Å²) in [5, 5.41) is 3.49. The van der Waals surface area contributed by atoms with Crippen LogP contribution in [0.25, 0.3) is 0 Å². The van der Waals surface area contributed by atoms with Gasteiger partial charge in [0.1, 0.15) is 0 Å². The molecule has 2 heteroatoms. The Morgan fingerprint density at radius 1 is 2.00 bits per heavy atom. The van der Waals surface area contributed by atoms with Crippen LogP contribution in [-0.4, -0.2) is 12.5 Å². The third kappa shape index (κ3) is 3.03. The number of carbonyl (C=O) groups excluding carboxylic acids is 1. The zero-order chi connectivity index (χ0) is 5.70. The molecule has 0 N–H and O–H groups in total. The maximum absolute atomic E-state index is 10.1. The minimum absolute atomic E-state index is 0.234. The van der Waals surface area contributed by atoms with Crippen LogP contribution >= 0.6 is 0 Å². The van der Waals surface area contributed by atoms with Gasteiger partial charge in [-0.1, -0.05) is 6.58 Å². The van der Waals surface area contributed by atoms with E-state index in [2.05, 4.69) is 11.9 Å². The van der Waals surface area contributed by atoms with Gasteiger partial charge in [-0.05, 0) is 13.0 Å². The van der Waals surface area contributed by atoms with Gasteiger partial charge in [0.2, 0.25) is 0 Å². The smallest absolute Gasteiger partial charge is 0.264 e. The molecule has 0 fully saturated rings. The molecule has 0 aliphatic heterocycles. The SMILES string of the molecule is C=CC(=O)[N]CC. The highest BCUT2D eigenvalue weighted by Gasteiger charge is 1.87. The van der Waals surface area contributed by atoms with Gasteiger partial charge in [-0.2, -0.15) is 0 Å². The van der Waals surface area contributed by atoms with Crippen LogP contribution in [0.3, 0.4) is 0 Å². The Kier molecular flexibility index (Phi) is 3.02. The summed E-state index contributed by atoms with van der Waals surface area (Å²) in [5.74, 6) is -0.234. The molecule has 1 radical (unpaired) electrons. The molecule has 39 valence electrons. The van der Waals surface area contributed by atoms with Gasteiger partial charge in [0.05, 0.1) is 0 Å². The van der Waals surface area contributed by atoms with Crippen LogP contribution in [0.2, 0.25) is 0 Å². The van der Waals surface area contributed by atoms with E-state index >= 15 is 0 Å². The Bertz CT molecular complexity index is 78.1. The monoisotopic (exact) mass is 98.1 g/mol. The Morgan fingerprint density at radius 3 is 2.71 bits per heavy atom. The lowest BCUT2D eigenvalue weighted by molar-refractivity contribution is -0.116. The molecular formula is C5H8NO. The molecule has 0 spiro atoms. The van der Waals surface area contributed by atoms with Gasteiger partial charge in [0.25, 0.3) is 5.91 Å². The highest BCUT2D eigenvalue weighted by molar-refractivity contribution is 5.86. The Morgan fingerprint density at radius 2 is 2.57 bits per heavy atom. The van der Waals surface area contributed by atoms with Crippen LogP contribution in [0.15, 0.2) is 12.7 Å². The number of nitrogens with zero attached hydrogens (tertiary/aromatic N) is 1. The zero-order valence-corrected chi connectivity index (χ0v) is 4.35. The number of hydrogen-bond donors (Lipinski definition) is 0. The number of rotatable bonds is 2. The van der Waals surface area contributed by atoms with Crippen molar-refractivity contribution in [1.82, 2.24) is 5.32 Å². The maximum atomic E-state index is 10.1. The van der Waals surface area contributed by atoms with Gasteiger partial charge in [-0.25, -0.2) is 5.32 Å². The maximum Gasteiger partial charge on any atom is 0.264 e. The first-order chi connectivity index (χ1) is 3.31. The van der Waals surface area contributed by atoms with Crippen molar-refractivity contribution >= 4 is 5.91 Å². The predicted molar refractivity (Wildman–Crippen MR) is 27.9 cm³/mol. The topological polar surface area (TPSA) is 31.2 Å².